The van der Waals surface area contributed by atoms with Crippen LogP contribution >= 0.6 is 0 Å². The fourth-order valence-electron chi connectivity index (χ4n) is 2.40. The number of amides is 1. The molecule has 1 aromatic heterocycles. The Morgan fingerprint density at radius 3 is 2.39 bits per heavy atom. The van der Waals surface area contributed by atoms with E-state index in [1.54, 1.807) is 52.6 Å². The molecular formula is C17H17NO5. The predicted molar refractivity (Wildman–Crippen MR) is 86.5 cm³/mol. The summed E-state index contributed by atoms with van der Waals surface area (Å²) < 4.78 is 22.0. The quantitative estimate of drug-likeness (QED) is 0.738. The van der Waals surface area contributed by atoms with Crippen LogP contribution in [0.25, 0.3) is 21.9 Å². The molecule has 1 amide bonds. The van der Waals surface area contributed by atoms with E-state index in [0.717, 1.165) is 5.39 Å². The average Bonchev–Trinajstić information content (AvgIpc) is 2.92. The summed E-state index contributed by atoms with van der Waals surface area (Å²) in [6.45, 7) is 0. The van der Waals surface area contributed by atoms with Crippen LogP contribution in [0.4, 0.5) is 4.79 Å². The largest absolute Gasteiger partial charge is 0.496 e. The third-order valence-corrected chi connectivity index (χ3v) is 3.52. The first-order chi connectivity index (χ1) is 11.0. The van der Waals surface area contributed by atoms with Gasteiger partial charge in [-0.2, -0.15) is 0 Å². The third kappa shape index (κ3) is 2.52. The number of carbonyl (C=O) groups is 1. The Balaban J connectivity index is 2.29. The summed E-state index contributed by atoms with van der Waals surface area (Å²) in [6, 6.07) is 8.85. The zero-order valence-electron chi connectivity index (χ0n) is 13.4. The maximum absolute atomic E-state index is 11.9. The number of rotatable bonds is 3. The first-order valence-corrected chi connectivity index (χ1v) is 7.01. The van der Waals surface area contributed by atoms with E-state index in [2.05, 4.69) is 0 Å². The molecule has 120 valence electrons. The van der Waals surface area contributed by atoms with E-state index in [0.29, 0.717) is 33.8 Å². The van der Waals surface area contributed by atoms with Crippen LogP contribution in [-0.4, -0.2) is 39.3 Å². The fraction of sp³-hybridized carbons (Fsp3) is 0.235. The van der Waals surface area contributed by atoms with Gasteiger partial charge >= 0.3 is 6.09 Å². The topological polar surface area (TPSA) is 61.1 Å². The van der Waals surface area contributed by atoms with E-state index < -0.39 is 6.09 Å². The van der Waals surface area contributed by atoms with Gasteiger partial charge in [0.05, 0.1) is 25.0 Å². The predicted octanol–water partition coefficient (Wildman–Crippen LogP) is 3.66. The van der Waals surface area contributed by atoms with Gasteiger partial charge in [-0.25, -0.2) is 4.79 Å². The number of hydrogen-bond acceptors (Lipinski definition) is 5. The Morgan fingerprint density at radius 1 is 1.00 bits per heavy atom. The maximum Gasteiger partial charge on any atom is 0.414 e. The van der Waals surface area contributed by atoms with Crippen LogP contribution in [0.1, 0.15) is 0 Å². The van der Waals surface area contributed by atoms with Crippen LogP contribution in [-0.2, 0) is 0 Å². The maximum atomic E-state index is 11.9. The van der Waals surface area contributed by atoms with Gasteiger partial charge in [-0.15, -0.1) is 0 Å². The number of nitrogens with zero attached hydrogens (tertiary/aromatic N) is 1. The summed E-state index contributed by atoms with van der Waals surface area (Å²) in [5.41, 5.74) is 1.21. The highest BCUT2D eigenvalue weighted by Gasteiger charge is 2.19. The molecule has 0 saturated carbocycles. The molecule has 0 N–H and O–H groups in total. The molecule has 0 fully saturated rings. The number of methoxy groups -OCH3 is 2. The number of hydrogen-bond donors (Lipinski definition) is 0. The zero-order chi connectivity index (χ0) is 16.6. The lowest BCUT2D eigenvalue weighted by atomic mass is 10.1. The minimum absolute atomic E-state index is 0.420. The highest BCUT2D eigenvalue weighted by Crippen LogP contribution is 2.42. The van der Waals surface area contributed by atoms with Gasteiger partial charge in [0.1, 0.15) is 28.4 Å². The lowest BCUT2D eigenvalue weighted by Gasteiger charge is -2.11. The van der Waals surface area contributed by atoms with Crippen molar-refractivity contribution < 1.29 is 23.4 Å². The lowest BCUT2D eigenvalue weighted by molar-refractivity contribution is 0.172. The van der Waals surface area contributed by atoms with Crippen molar-refractivity contribution in [2.45, 2.75) is 0 Å². The van der Waals surface area contributed by atoms with Crippen LogP contribution in [0.15, 0.2) is 34.7 Å². The fourth-order valence-corrected chi connectivity index (χ4v) is 2.40. The monoisotopic (exact) mass is 315 g/mol. The molecule has 0 aliphatic rings. The first-order valence-electron chi connectivity index (χ1n) is 7.01. The molecule has 6 nitrogen and oxygen atoms in total. The van der Waals surface area contributed by atoms with Crippen molar-refractivity contribution in [2.24, 2.45) is 0 Å². The second-order valence-corrected chi connectivity index (χ2v) is 5.20. The molecule has 23 heavy (non-hydrogen) atoms. The van der Waals surface area contributed by atoms with Crippen LogP contribution in [0.3, 0.4) is 0 Å². The Labute approximate surface area is 133 Å². The molecular weight excluding hydrogens is 298 g/mol. The lowest BCUT2D eigenvalue weighted by Crippen LogP contribution is -2.25. The Bertz CT molecular complexity index is 881. The van der Waals surface area contributed by atoms with Crippen molar-refractivity contribution in [2.75, 3.05) is 28.3 Å². The van der Waals surface area contributed by atoms with E-state index in [4.69, 9.17) is 18.6 Å². The summed E-state index contributed by atoms with van der Waals surface area (Å²) in [4.78, 5) is 13.3. The molecule has 0 unspecified atom stereocenters. The molecule has 3 aromatic rings. The van der Waals surface area contributed by atoms with Gasteiger partial charge in [0.2, 0.25) is 0 Å². The van der Waals surface area contributed by atoms with Crippen LogP contribution in [0, 0.1) is 0 Å². The van der Waals surface area contributed by atoms with Crippen LogP contribution in [0.2, 0.25) is 0 Å². The van der Waals surface area contributed by atoms with E-state index >= 15 is 0 Å². The SMILES string of the molecule is COc1cc(OC)c2c(c1)oc1cccc(OC(=O)N(C)C)c12. The molecule has 1 heterocycles. The number of ether oxygens (including phenoxy) is 3. The van der Waals surface area contributed by atoms with Crippen molar-refractivity contribution in [3.05, 3.63) is 30.3 Å². The van der Waals surface area contributed by atoms with Crippen molar-refractivity contribution in [1.82, 2.24) is 4.90 Å². The van der Waals surface area contributed by atoms with Gasteiger partial charge in [0.15, 0.2) is 0 Å². The number of carbonyl (C=O) groups excluding carboxylic acids is 1. The van der Waals surface area contributed by atoms with E-state index in [1.165, 1.54) is 4.90 Å². The zero-order valence-corrected chi connectivity index (χ0v) is 13.4. The van der Waals surface area contributed by atoms with Gasteiger partial charge in [0, 0.05) is 26.2 Å². The number of benzene rings is 2. The molecule has 6 heteroatoms. The van der Waals surface area contributed by atoms with Crippen LogP contribution < -0.4 is 14.2 Å². The van der Waals surface area contributed by atoms with Crippen LogP contribution in [0.5, 0.6) is 17.2 Å². The molecule has 0 spiro atoms. The van der Waals surface area contributed by atoms with Gasteiger partial charge in [0.25, 0.3) is 0 Å². The van der Waals surface area contributed by atoms with Crippen molar-refractivity contribution in [3.8, 4) is 17.2 Å². The van der Waals surface area contributed by atoms with Gasteiger partial charge in [-0.05, 0) is 12.1 Å². The standard InChI is InChI=1S/C17H17NO5/c1-18(2)17(19)23-12-7-5-6-11-15(12)16-13(21-4)8-10(20-3)9-14(16)22-11/h5-9H,1-4H3. The highest BCUT2D eigenvalue weighted by molar-refractivity contribution is 6.12. The highest BCUT2D eigenvalue weighted by atomic mass is 16.6. The van der Waals surface area contributed by atoms with E-state index in [-0.39, 0.29) is 0 Å². The van der Waals surface area contributed by atoms with Crippen molar-refractivity contribution >= 4 is 28.0 Å². The Hall–Kier alpha value is -2.89. The average molecular weight is 315 g/mol. The van der Waals surface area contributed by atoms with Gasteiger partial charge < -0.3 is 23.5 Å². The summed E-state index contributed by atoms with van der Waals surface area (Å²) >= 11 is 0. The Morgan fingerprint density at radius 2 is 1.74 bits per heavy atom. The normalized spacial score (nSPS) is 10.8. The third-order valence-electron chi connectivity index (χ3n) is 3.52. The summed E-state index contributed by atoms with van der Waals surface area (Å²) in [5, 5.41) is 1.43. The molecule has 0 atom stereocenters. The molecule has 3 rings (SSSR count). The van der Waals surface area contributed by atoms with Crippen molar-refractivity contribution in [3.63, 3.8) is 0 Å². The molecule has 0 aliphatic carbocycles. The second-order valence-electron chi connectivity index (χ2n) is 5.20. The second kappa shape index (κ2) is 5.72. The van der Waals surface area contributed by atoms with E-state index in [1.807, 2.05) is 6.07 Å². The van der Waals surface area contributed by atoms with Gasteiger partial charge in [-0.3, -0.25) is 0 Å². The molecule has 2 aromatic carbocycles. The molecule has 0 saturated heterocycles. The minimum atomic E-state index is -0.459. The Kier molecular flexibility index (Phi) is 3.73. The molecule has 0 aliphatic heterocycles. The smallest absolute Gasteiger partial charge is 0.414 e. The summed E-state index contributed by atoms with van der Waals surface area (Å²) in [5.74, 6) is 1.63. The molecule has 0 bridgehead atoms. The summed E-state index contributed by atoms with van der Waals surface area (Å²) in [6.07, 6.45) is -0.459. The van der Waals surface area contributed by atoms with Crippen molar-refractivity contribution in [1.29, 1.82) is 0 Å². The number of fused-ring (bicyclic) bond motifs is 3. The minimum Gasteiger partial charge on any atom is -0.496 e. The van der Waals surface area contributed by atoms with Gasteiger partial charge in [-0.1, -0.05) is 6.07 Å². The molecule has 0 radical (unpaired) electrons. The summed E-state index contributed by atoms with van der Waals surface area (Å²) in [7, 11) is 6.40. The number of furan rings is 1. The van der Waals surface area contributed by atoms with E-state index in [9.17, 15) is 4.79 Å². The first kappa shape index (κ1) is 15.0.